The number of benzene rings is 2. The molecule has 0 aliphatic carbocycles. The molecule has 0 spiro atoms. The average molecular weight is 416 g/mol. The van der Waals surface area contributed by atoms with E-state index in [9.17, 15) is 18.0 Å². The minimum Gasteiger partial charge on any atom is -0.325 e. The third kappa shape index (κ3) is 5.29. The van der Waals surface area contributed by atoms with E-state index in [2.05, 4.69) is 5.32 Å². The van der Waals surface area contributed by atoms with Gasteiger partial charge in [0.1, 0.15) is 0 Å². The summed E-state index contributed by atoms with van der Waals surface area (Å²) in [5.74, 6) is -0.226. The third-order valence-corrected chi connectivity index (χ3v) is 6.85. The fourth-order valence-electron chi connectivity index (χ4n) is 3.18. The molecule has 0 bridgehead atoms. The summed E-state index contributed by atoms with van der Waals surface area (Å²) in [5, 5.41) is 2.86. The Morgan fingerprint density at radius 3 is 2.07 bits per heavy atom. The van der Waals surface area contributed by atoms with Gasteiger partial charge in [0.25, 0.3) is 0 Å². The topological polar surface area (TPSA) is 86.8 Å². The zero-order chi connectivity index (χ0) is 21.0. The molecule has 1 aliphatic heterocycles. The number of aryl methyl sites for hydroxylation is 1. The highest BCUT2D eigenvalue weighted by atomic mass is 32.2. The standard InChI is InChI=1S/C21H25N3O4S/c1-16-3-7-19(8-4-16)22-21(26)15-23-11-13-24(14-12-23)29(27,28)20-9-5-18(6-10-20)17(2)25/h3-10H,11-15H2,1-2H3,(H,22,26). The van der Waals surface area contributed by atoms with Crippen LogP contribution in [0.1, 0.15) is 22.8 Å². The van der Waals surface area contributed by atoms with Crippen LogP contribution in [0, 0.1) is 6.92 Å². The van der Waals surface area contributed by atoms with Crippen LogP contribution in [0.25, 0.3) is 0 Å². The smallest absolute Gasteiger partial charge is 0.243 e. The molecule has 1 aliphatic rings. The first kappa shape index (κ1) is 21.2. The first-order valence-corrected chi connectivity index (χ1v) is 10.9. The highest BCUT2D eigenvalue weighted by Crippen LogP contribution is 2.18. The Kier molecular flexibility index (Phi) is 6.46. The van der Waals surface area contributed by atoms with Crippen LogP contribution in [-0.4, -0.2) is 62.0 Å². The van der Waals surface area contributed by atoms with Crippen molar-refractivity contribution in [2.45, 2.75) is 18.7 Å². The van der Waals surface area contributed by atoms with Gasteiger partial charge in [-0.2, -0.15) is 4.31 Å². The number of rotatable bonds is 6. The van der Waals surface area contributed by atoms with Gasteiger partial charge >= 0.3 is 0 Å². The fraction of sp³-hybridized carbons (Fsp3) is 0.333. The van der Waals surface area contributed by atoms with Gasteiger partial charge in [0.05, 0.1) is 11.4 Å². The fourth-order valence-corrected chi connectivity index (χ4v) is 4.60. The zero-order valence-electron chi connectivity index (χ0n) is 16.6. The summed E-state index contributed by atoms with van der Waals surface area (Å²) in [6.45, 7) is 5.23. The first-order valence-electron chi connectivity index (χ1n) is 9.46. The SMILES string of the molecule is CC(=O)c1ccc(S(=O)(=O)N2CCN(CC(=O)Nc3ccc(C)cc3)CC2)cc1. The van der Waals surface area contributed by atoms with Crippen LogP contribution in [-0.2, 0) is 14.8 Å². The van der Waals surface area contributed by atoms with E-state index in [1.165, 1.54) is 35.5 Å². The summed E-state index contributed by atoms with van der Waals surface area (Å²) in [6, 6.07) is 13.6. The minimum atomic E-state index is -3.61. The lowest BCUT2D eigenvalue weighted by molar-refractivity contribution is -0.117. The number of hydrogen-bond donors (Lipinski definition) is 1. The second-order valence-corrected chi connectivity index (χ2v) is 9.11. The Bertz CT molecular complexity index is 978. The molecular weight excluding hydrogens is 390 g/mol. The molecular formula is C21H25N3O4S. The molecule has 0 unspecified atom stereocenters. The van der Waals surface area contributed by atoms with Crippen molar-refractivity contribution < 1.29 is 18.0 Å². The Labute approximate surface area is 171 Å². The molecule has 1 fully saturated rings. The Hall–Kier alpha value is -2.55. The number of hydrogen-bond acceptors (Lipinski definition) is 5. The molecule has 1 saturated heterocycles. The van der Waals surface area contributed by atoms with E-state index in [1.807, 2.05) is 36.1 Å². The monoisotopic (exact) mass is 415 g/mol. The predicted octanol–water partition coefficient (Wildman–Crippen LogP) is 2.14. The number of amides is 1. The summed E-state index contributed by atoms with van der Waals surface area (Å²) in [7, 11) is -3.61. The van der Waals surface area contributed by atoms with Gasteiger partial charge in [-0.25, -0.2) is 8.42 Å². The second kappa shape index (κ2) is 8.86. The number of carbonyl (C=O) groups excluding carboxylic acids is 2. The number of ketones is 1. The van der Waals surface area contributed by atoms with E-state index >= 15 is 0 Å². The molecule has 1 N–H and O–H groups in total. The summed E-state index contributed by atoms with van der Waals surface area (Å²) >= 11 is 0. The van der Waals surface area contributed by atoms with E-state index in [-0.39, 0.29) is 23.1 Å². The van der Waals surface area contributed by atoms with E-state index < -0.39 is 10.0 Å². The van der Waals surface area contributed by atoms with Gasteiger partial charge in [-0.05, 0) is 38.1 Å². The minimum absolute atomic E-state index is 0.105. The van der Waals surface area contributed by atoms with Gasteiger partial charge in [0.15, 0.2) is 5.78 Å². The van der Waals surface area contributed by atoms with Crippen LogP contribution < -0.4 is 5.32 Å². The summed E-state index contributed by atoms with van der Waals surface area (Å²) in [6.07, 6.45) is 0. The molecule has 0 saturated carbocycles. The van der Waals surface area contributed by atoms with Crippen LogP contribution in [0.3, 0.4) is 0 Å². The van der Waals surface area contributed by atoms with Crippen molar-refractivity contribution in [2.24, 2.45) is 0 Å². The van der Waals surface area contributed by atoms with Crippen LogP contribution in [0.15, 0.2) is 53.4 Å². The van der Waals surface area contributed by atoms with Crippen molar-refractivity contribution >= 4 is 27.4 Å². The molecule has 8 heteroatoms. The lowest BCUT2D eigenvalue weighted by atomic mass is 10.2. The van der Waals surface area contributed by atoms with E-state index in [4.69, 9.17) is 0 Å². The Morgan fingerprint density at radius 2 is 1.52 bits per heavy atom. The third-order valence-electron chi connectivity index (χ3n) is 4.93. The Morgan fingerprint density at radius 1 is 0.931 bits per heavy atom. The number of sulfonamides is 1. The molecule has 154 valence electrons. The van der Waals surface area contributed by atoms with Crippen LogP contribution in [0.2, 0.25) is 0 Å². The lowest BCUT2D eigenvalue weighted by Crippen LogP contribution is -2.50. The maximum absolute atomic E-state index is 12.8. The first-order chi connectivity index (χ1) is 13.8. The zero-order valence-corrected chi connectivity index (χ0v) is 17.4. The van der Waals surface area contributed by atoms with Crippen molar-refractivity contribution in [3.05, 3.63) is 59.7 Å². The van der Waals surface area contributed by atoms with Crippen molar-refractivity contribution in [3.63, 3.8) is 0 Å². The van der Waals surface area contributed by atoms with Crippen molar-refractivity contribution in [1.82, 2.24) is 9.21 Å². The molecule has 2 aromatic carbocycles. The Balaban J connectivity index is 1.54. The quantitative estimate of drug-likeness (QED) is 0.731. The molecule has 0 atom stereocenters. The maximum atomic E-state index is 12.8. The molecule has 29 heavy (non-hydrogen) atoms. The number of Topliss-reactive ketones (excluding diaryl/α,β-unsaturated/α-hetero) is 1. The van der Waals surface area contributed by atoms with Crippen molar-refractivity contribution in [1.29, 1.82) is 0 Å². The molecule has 1 heterocycles. The number of carbonyl (C=O) groups is 2. The predicted molar refractivity (Wildman–Crippen MR) is 111 cm³/mol. The largest absolute Gasteiger partial charge is 0.325 e. The summed E-state index contributed by atoms with van der Waals surface area (Å²) in [4.78, 5) is 25.7. The molecule has 0 radical (unpaired) electrons. The van der Waals surface area contributed by atoms with Gasteiger partial charge in [-0.15, -0.1) is 0 Å². The van der Waals surface area contributed by atoms with Gasteiger partial charge in [0, 0.05) is 37.4 Å². The van der Waals surface area contributed by atoms with Crippen molar-refractivity contribution in [3.8, 4) is 0 Å². The maximum Gasteiger partial charge on any atom is 0.243 e. The van der Waals surface area contributed by atoms with E-state index in [0.717, 1.165) is 11.3 Å². The second-order valence-electron chi connectivity index (χ2n) is 7.17. The highest BCUT2D eigenvalue weighted by molar-refractivity contribution is 7.89. The van der Waals surface area contributed by atoms with Gasteiger partial charge in [-0.1, -0.05) is 29.8 Å². The van der Waals surface area contributed by atoms with Crippen LogP contribution in [0.4, 0.5) is 5.69 Å². The van der Waals surface area contributed by atoms with Crippen molar-refractivity contribution in [2.75, 3.05) is 38.0 Å². The normalized spacial score (nSPS) is 15.8. The molecule has 7 nitrogen and oxygen atoms in total. The number of anilines is 1. The summed E-state index contributed by atoms with van der Waals surface area (Å²) < 4.78 is 27.0. The lowest BCUT2D eigenvalue weighted by Gasteiger charge is -2.33. The molecule has 1 amide bonds. The van der Waals surface area contributed by atoms with E-state index in [1.54, 1.807) is 0 Å². The molecule has 3 rings (SSSR count). The molecule has 2 aromatic rings. The van der Waals surface area contributed by atoms with Crippen LogP contribution in [0.5, 0.6) is 0 Å². The highest BCUT2D eigenvalue weighted by Gasteiger charge is 2.29. The number of piperazine rings is 1. The van der Waals surface area contributed by atoms with Gasteiger partial charge in [0.2, 0.25) is 15.9 Å². The van der Waals surface area contributed by atoms with E-state index in [0.29, 0.717) is 31.7 Å². The number of nitrogens with one attached hydrogen (secondary N) is 1. The van der Waals surface area contributed by atoms with Crippen LogP contribution >= 0.6 is 0 Å². The summed E-state index contributed by atoms with van der Waals surface area (Å²) in [5.41, 5.74) is 2.35. The average Bonchev–Trinajstić information content (AvgIpc) is 2.70. The molecule has 0 aromatic heterocycles. The van der Waals surface area contributed by atoms with Gasteiger partial charge < -0.3 is 5.32 Å². The number of nitrogens with zero attached hydrogens (tertiary/aromatic N) is 2. The van der Waals surface area contributed by atoms with Gasteiger partial charge in [-0.3, -0.25) is 14.5 Å².